The fourth-order valence-electron chi connectivity index (χ4n) is 3.73. The van der Waals surface area contributed by atoms with Crippen LogP contribution in [0.5, 0.6) is 5.75 Å². The first kappa shape index (κ1) is 18.9. The molecule has 154 valence electrons. The van der Waals surface area contributed by atoms with Crippen LogP contribution < -0.4 is 13.8 Å². The molecule has 1 saturated carbocycles. The number of hydrogen-bond donors (Lipinski definition) is 1. The van der Waals surface area contributed by atoms with Crippen molar-refractivity contribution < 1.29 is 22.3 Å². The Morgan fingerprint density at radius 3 is 2.53 bits per heavy atom. The average Bonchev–Trinajstić information content (AvgIpc) is 3.53. The summed E-state index contributed by atoms with van der Waals surface area (Å²) in [5.74, 6) is -0.929. The van der Waals surface area contributed by atoms with E-state index in [4.69, 9.17) is 4.74 Å². The number of amides is 1. The third kappa shape index (κ3) is 3.37. The largest absolute Gasteiger partial charge is 0.487 e. The van der Waals surface area contributed by atoms with E-state index in [-0.39, 0.29) is 18.0 Å². The topological polar surface area (TPSA) is 75.7 Å². The van der Waals surface area contributed by atoms with Gasteiger partial charge in [-0.1, -0.05) is 42.5 Å². The molecular weight excluding hydrogens is 407 g/mol. The molecule has 1 amide bonds. The lowest BCUT2D eigenvalue weighted by atomic mass is 10.0. The molecule has 1 N–H and O–H groups in total. The average molecular weight is 426 g/mol. The molecule has 5 rings (SSSR count). The predicted octanol–water partition coefficient (Wildman–Crippen LogP) is 3.62. The summed E-state index contributed by atoms with van der Waals surface area (Å²) in [6, 6.07) is 16.5. The Morgan fingerprint density at radius 2 is 1.87 bits per heavy atom. The lowest BCUT2D eigenvalue weighted by molar-refractivity contribution is -0.117. The van der Waals surface area contributed by atoms with Crippen molar-refractivity contribution in [2.45, 2.75) is 25.4 Å². The van der Waals surface area contributed by atoms with Crippen LogP contribution in [-0.2, 0) is 21.6 Å². The first-order valence-corrected chi connectivity index (χ1v) is 11.1. The van der Waals surface area contributed by atoms with Crippen molar-refractivity contribution in [3.05, 3.63) is 71.5 Å². The highest BCUT2D eigenvalue weighted by atomic mass is 32.2. The van der Waals surface area contributed by atoms with Gasteiger partial charge in [0.25, 0.3) is 5.91 Å². The second-order valence-corrected chi connectivity index (χ2v) is 9.20. The standard InChI is InChI=1S/C22H19FN2O4S/c23-21-18-10-16(15-6-7-15)8-9-17(18)11-19(29-13-14-4-2-1-3-5-14)22(21)25-12-20(26)24-30(25,27)28/h1-5,8-11,15H,6-7,12-13H2,(H,24,26). The van der Waals surface area contributed by atoms with Crippen LogP contribution in [-0.4, -0.2) is 20.9 Å². The Balaban J connectivity index is 1.64. The first-order chi connectivity index (χ1) is 14.4. The smallest absolute Gasteiger partial charge is 0.326 e. The zero-order valence-electron chi connectivity index (χ0n) is 16.0. The van der Waals surface area contributed by atoms with Crippen molar-refractivity contribution in [3.63, 3.8) is 0 Å². The number of halogens is 1. The quantitative estimate of drug-likeness (QED) is 0.676. The molecule has 2 aliphatic rings. The minimum atomic E-state index is -4.19. The van der Waals surface area contributed by atoms with Crippen molar-refractivity contribution in [2.24, 2.45) is 0 Å². The van der Waals surface area contributed by atoms with E-state index in [1.54, 1.807) is 12.1 Å². The van der Waals surface area contributed by atoms with Gasteiger partial charge >= 0.3 is 10.2 Å². The van der Waals surface area contributed by atoms with Crippen LogP contribution in [0.4, 0.5) is 10.1 Å². The summed E-state index contributed by atoms with van der Waals surface area (Å²) in [5.41, 5.74) is 1.64. The Labute approximate surface area is 173 Å². The molecule has 3 aromatic rings. The van der Waals surface area contributed by atoms with E-state index < -0.39 is 28.5 Å². The molecule has 0 aromatic heterocycles. The summed E-state index contributed by atoms with van der Waals surface area (Å²) < 4.78 is 49.1. The fraction of sp³-hybridized carbons (Fsp3) is 0.227. The van der Waals surface area contributed by atoms with Crippen LogP contribution in [0.2, 0.25) is 0 Å². The summed E-state index contributed by atoms with van der Waals surface area (Å²) in [6.45, 7) is -0.358. The van der Waals surface area contributed by atoms with E-state index in [1.807, 2.05) is 47.2 Å². The van der Waals surface area contributed by atoms with Gasteiger partial charge in [-0.2, -0.15) is 8.42 Å². The van der Waals surface area contributed by atoms with Crippen molar-refractivity contribution >= 4 is 32.6 Å². The molecular formula is C22H19FN2O4S. The third-order valence-corrected chi connectivity index (χ3v) is 6.77. The highest BCUT2D eigenvalue weighted by molar-refractivity contribution is 7.92. The van der Waals surface area contributed by atoms with Crippen LogP contribution >= 0.6 is 0 Å². The lowest BCUT2D eigenvalue weighted by Gasteiger charge is -2.21. The number of fused-ring (bicyclic) bond motifs is 1. The van der Waals surface area contributed by atoms with Crippen molar-refractivity contribution in [1.29, 1.82) is 0 Å². The number of benzene rings is 3. The summed E-state index contributed by atoms with van der Waals surface area (Å²) in [6.07, 6.45) is 2.13. The van der Waals surface area contributed by atoms with Crippen LogP contribution in [0.1, 0.15) is 29.9 Å². The number of rotatable bonds is 5. The zero-order valence-corrected chi connectivity index (χ0v) is 16.8. The Bertz CT molecular complexity index is 1260. The van der Waals surface area contributed by atoms with Gasteiger partial charge in [-0.3, -0.25) is 4.79 Å². The van der Waals surface area contributed by atoms with E-state index in [1.165, 1.54) is 0 Å². The van der Waals surface area contributed by atoms with E-state index in [2.05, 4.69) is 0 Å². The van der Waals surface area contributed by atoms with Crippen molar-refractivity contribution in [1.82, 2.24) is 4.72 Å². The van der Waals surface area contributed by atoms with Crippen molar-refractivity contribution in [3.8, 4) is 5.75 Å². The highest BCUT2D eigenvalue weighted by Gasteiger charge is 2.38. The molecule has 0 spiro atoms. The van der Waals surface area contributed by atoms with Crippen LogP contribution in [0.15, 0.2) is 54.6 Å². The van der Waals surface area contributed by atoms with Gasteiger partial charge in [0.1, 0.15) is 24.6 Å². The van der Waals surface area contributed by atoms with Crippen molar-refractivity contribution in [2.75, 3.05) is 10.8 Å². The predicted molar refractivity (Wildman–Crippen MR) is 111 cm³/mol. The molecule has 30 heavy (non-hydrogen) atoms. The maximum atomic E-state index is 15.7. The van der Waals surface area contributed by atoms with Gasteiger partial charge < -0.3 is 4.74 Å². The molecule has 0 bridgehead atoms. The molecule has 6 nitrogen and oxygen atoms in total. The summed E-state index contributed by atoms with van der Waals surface area (Å²) in [5, 5.41) is 0.926. The number of carbonyl (C=O) groups is 1. The molecule has 1 aliphatic carbocycles. The number of anilines is 1. The Kier molecular flexibility index (Phi) is 4.39. The maximum absolute atomic E-state index is 15.7. The molecule has 0 atom stereocenters. The molecule has 1 saturated heterocycles. The minimum Gasteiger partial charge on any atom is -0.487 e. The second kappa shape index (κ2) is 6.98. The molecule has 8 heteroatoms. The van der Waals surface area contributed by atoms with Crippen LogP contribution in [0, 0.1) is 5.82 Å². The summed E-state index contributed by atoms with van der Waals surface area (Å²) >= 11 is 0. The maximum Gasteiger partial charge on any atom is 0.326 e. The zero-order chi connectivity index (χ0) is 20.9. The molecule has 2 fully saturated rings. The molecule has 0 unspecified atom stereocenters. The number of nitrogens with zero attached hydrogens (tertiary/aromatic N) is 1. The number of hydrogen-bond acceptors (Lipinski definition) is 4. The third-order valence-electron chi connectivity index (χ3n) is 5.40. The normalized spacial score (nSPS) is 17.9. The van der Waals surface area contributed by atoms with Gasteiger partial charge in [-0.15, -0.1) is 0 Å². The van der Waals surface area contributed by atoms with Gasteiger partial charge in [0.2, 0.25) is 0 Å². The summed E-state index contributed by atoms with van der Waals surface area (Å²) in [7, 11) is -4.19. The number of carbonyl (C=O) groups excluding carboxylic acids is 1. The molecule has 0 radical (unpaired) electrons. The monoisotopic (exact) mass is 426 g/mol. The fourth-order valence-corrected chi connectivity index (χ4v) is 4.89. The van der Waals surface area contributed by atoms with Gasteiger partial charge in [-0.05, 0) is 47.4 Å². The van der Waals surface area contributed by atoms with E-state index in [0.29, 0.717) is 16.7 Å². The number of nitrogens with one attached hydrogen (secondary N) is 1. The van der Waals surface area contributed by atoms with Gasteiger partial charge in [0.05, 0.1) is 0 Å². The second-order valence-electron chi connectivity index (χ2n) is 7.60. The molecule has 1 heterocycles. The lowest BCUT2D eigenvalue weighted by Crippen LogP contribution is -2.30. The van der Waals surface area contributed by atoms with E-state index in [0.717, 1.165) is 28.3 Å². The highest BCUT2D eigenvalue weighted by Crippen LogP contribution is 2.44. The number of ether oxygens (including phenoxy) is 1. The van der Waals surface area contributed by atoms with E-state index in [9.17, 15) is 13.2 Å². The minimum absolute atomic E-state index is 0.0723. The van der Waals surface area contributed by atoms with Gasteiger partial charge in [0.15, 0.2) is 5.82 Å². The Hall–Kier alpha value is -3.13. The van der Waals surface area contributed by atoms with E-state index >= 15 is 4.39 Å². The SMILES string of the molecule is O=C1CN(c2c(OCc3ccccc3)cc3ccc(C4CC4)cc3c2F)S(=O)(=O)N1. The van der Waals surface area contributed by atoms with Gasteiger partial charge in [0, 0.05) is 5.39 Å². The summed E-state index contributed by atoms with van der Waals surface area (Å²) in [4.78, 5) is 11.8. The van der Waals surface area contributed by atoms with Gasteiger partial charge in [-0.25, -0.2) is 13.4 Å². The van der Waals surface area contributed by atoms with Crippen LogP contribution in [0.3, 0.4) is 0 Å². The first-order valence-electron chi connectivity index (χ1n) is 9.68. The molecule has 1 aliphatic heterocycles. The Morgan fingerprint density at radius 1 is 1.10 bits per heavy atom. The molecule has 3 aromatic carbocycles. The van der Waals surface area contributed by atoms with Crippen LogP contribution in [0.25, 0.3) is 10.8 Å².